The van der Waals surface area contributed by atoms with Crippen molar-refractivity contribution in [1.82, 2.24) is 14.5 Å². The lowest BCUT2D eigenvalue weighted by atomic mass is 9.66. The maximum atomic E-state index is 6.60. The molecule has 8 aromatic carbocycles. The van der Waals surface area contributed by atoms with E-state index in [0.29, 0.717) is 5.82 Å². The lowest BCUT2D eigenvalue weighted by molar-refractivity contribution is 0.436. The van der Waals surface area contributed by atoms with Crippen LogP contribution in [0, 0.1) is 0 Å². The van der Waals surface area contributed by atoms with Gasteiger partial charge in [-0.1, -0.05) is 152 Å². The first-order chi connectivity index (χ1) is 28.3. The predicted octanol–water partition coefficient (Wildman–Crippen LogP) is 13.0. The number of ether oxygens (including phenoxy) is 1. The average molecular weight is 728 g/mol. The molecule has 0 saturated carbocycles. The van der Waals surface area contributed by atoms with Crippen LogP contribution in [-0.2, 0) is 5.41 Å². The van der Waals surface area contributed by atoms with Gasteiger partial charge < -0.3 is 9.30 Å². The fourth-order valence-electron chi connectivity index (χ4n) is 9.48. The predicted molar refractivity (Wildman–Crippen MR) is 230 cm³/mol. The summed E-state index contributed by atoms with van der Waals surface area (Å²) >= 11 is 0. The second-order valence-electron chi connectivity index (χ2n) is 14.9. The van der Waals surface area contributed by atoms with Crippen molar-refractivity contribution in [3.05, 3.63) is 222 Å². The number of nitrogens with zero attached hydrogens (tertiary/aromatic N) is 3. The van der Waals surface area contributed by atoms with Crippen molar-refractivity contribution in [2.45, 2.75) is 5.41 Å². The van der Waals surface area contributed by atoms with Crippen molar-refractivity contribution in [1.29, 1.82) is 0 Å². The third-order valence-electron chi connectivity index (χ3n) is 11.9. The highest BCUT2D eigenvalue weighted by Crippen LogP contribution is 2.62. The third kappa shape index (κ3) is 4.62. The summed E-state index contributed by atoms with van der Waals surface area (Å²) in [5.41, 5.74) is 14.8. The van der Waals surface area contributed by atoms with E-state index in [1.165, 1.54) is 44.1 Å². The Balaban J connectivity index is 1.08. The van der Waals surface area contributed by atoms with Gasteiger partial charge >= 0.3 is 0 Å². The molecule has 10 aromatic rings. The highest BCUT2D eigenvalue weighted by molar-refractivity contribution is 6.09. The van der Waals surface area contributed by atoms with E-state index in [1.54, 1.807) is 0 Å². The van der Waals surface area contributed by atoms with E-state index in [0.717, 1.165) is 56.4 Å². The number of para-hydroxylation sites is 4. The largest absolute Gasteiger partial charge is 0.457 e. The molecule has 0 bridgehead atoms. The fourth-order valence-corrected chi connectivity index (χ4v) is 9.48. The Morgan fingerprint density at radius 2 is 0.930 bits per heavy atom. The maximum Gasteiger partial charge on any atom is 0.160 e. The minimum Gasteiger partial charge on any atom is -0.457 e. The molecule has 1 aliphatic carbocycles. The number of hydrogen-bond acceptors (Lipinski definition) is 3. The van der Waals surface area contributed by atoms with Gasteiger partial charge in [-0.05, 0) is 70.8 Å². The first-order valence-electron chi connectivity index (χ1n) is 19.4. The summed E-state index contributed by atoms with van der Waals surface area (Å²) in [5.74, 6) is 2.44. The van der Waals surface area contributed by atoms with Crippen LogP contribution in [0.15, 0.2) is 200 Å². The van der Waals surface area contributed by atoms with E-state index >= 15 is 0 Å². The summed E-state index contributed by atoms with van der Waals surface area (Å²) in [4.78, 5) is 10.6. The minimum atomic E-state index is -0.567. The molecular weight excluding hydrogens is 695 g/mol. The molecule has 266 valence electrons. The normalized spacial score (nSPS) is 13.2. The van der Waals surface area contributed by atoms with Crippen molar-refractivity contribution in [3.8, 4) is 62.2 Å². The Hall–Kier alpha value is -7.56. The van der Waals surface area contributed by atoms with E-state index in [2.05, 4.69) is 187 Å². The number of rotatable bonds is 4. The zero-order chi connectivity index (χ0) is 37.5. The van der Waals surface area contributed by atoms with Gasteiger partial charge in [-0.3, -0.25) is 0 Å². The Morgan fingerprint density at radius 3 is 1.63 bits per heavy atom. The van der Waals surface area contributed by atoms with Gasteiger partial charge in [0.1, 0.15) is 11.5 Å². The van der Waals surface area contributed by atoms with E-state index < -0.39 is 5.41 Å². The molecule has 4 heteroatoms. The van der Waals surface area contributed by atoms with Crippen LogP contribution in [0.2, 0.25) is 0 Å². The molecule has 0 radical (unpaired) electrons. The summed E-state index contributed by atoms with van der Waals surface area (Å²) < 4.78 is 8.96. The van der Waals surface area contributed by atoms with Gasteiger partial charge in [0.2, 0.25) is 0 Å². The summed E-state index contributed by atoms with van der Waals surface area (Å²) in [6.07, 6.45) is 0. The molecule has 0 unspecified atom stereocenters. The Bertz CT molecular complexity index is 3130. The van der Waals surface area contributed by atoms with E-state index in [-0.39, 0.29) is 0 Å². The molecule has 0 atom stereocenters. The number of benzene rings is 8. The summed E-state index contributed by atoms with van der Waals surface area (Å²) in [6, 6.07) is 71.1. The molecule has 4 nitrogen and oxygen atoms in total. The lowest BCUT2D eigenvalue weighted by Gasteiger charge is -2.39. The zero-order valence-electron chi connectivity index (χ0n) is 30.8. The zero-order valence-corrected chi connectivity index (χ0v) is 30.8. The molecule has 1 spiro atoms. The molecule has 0 amide bonds. The monoisotopic (exact) mass is 727 g/mol. The number of hydrogen-bond donors (Lipinski definition) is 0. The molecule has 3 heterocycles. The number of fused-ring (bicyclic) bond motifs is 12. The highest BCUT2D eigenvalue weighted by atomic mass is 16.5. The van der Waals surface area contributed by atoms with Gasteiger partial charge in [0, 0.05) is 44.3 Å². The Labute approximate surface area is 330 Å². The van der Waals surface area contributed by atoms with E-state index in [9.17, 15) is 0 Å². The van der Waals surface area contributed by atoms with Crippen molar-refractivity contribution in [2.75, 3.05) is 0 Å². The third-order valence-corrected chi connectivity index (χ3v) is 11.9. The molecule has 57 heavy (non-hydrogen) atoms. The van der Waals surface area contributed by atoms with Gasteiger partial charge in [0.15, 0.2) is 5.82 Å². The lowest BCUT2D eigenvalue weighted by Crippen LogP contribution is -2.32. The van der Waals surface area contributed by atoms with E-state index in [4.69, 9.17) is 14.7 Å². The molecule has 12 rings (SSSR count). The first-order valence-corrected chi connectivity index (χ1v) is 19.4. The molecule has 2 aromatic heterocycles. The van der Waals surface area contributed by atoms with Crippen LogP contribution in [0.25, 0.3) is 72.5 Å². The first kappa shape index (κ1) is 31.8. The van der Waals surface area contributed by atoms with Crippen molar-refractivity contribution < 1.29 is 4.74 Å². The summed E-state index contributed by atoms with van der Waals surface area (Å²) in [5, 5.41) is 2.47. The Kier molecular flexibility index (Phi) is 6.81. The van der Waals surface area contributed by atoms with Gasteiger partial charge in [0.25, 0.3) is 0 Å². The topological polar surface area (TPSA) is 39.9 Å². The number of aromatic nitrogens is 3. The van der Waals surface area contributed by atoms with Crippen LogP contribution < -0.4 is 4.74 Å². The quantitative estimate of drug-likeness (QED) is 0.181. The van der Waals surface area contributed by atoms with Crippen LogP contribution in [0.5, 0.6) is 11.5 Å². The van der Waals surface area contributed by atoms with Gasteiger partial charge in [-0.25, -0.2) is 9.97 Å². The highest BCUT2D eigenvalue weighted by Gasteiger charge is 2.51. The maximum absolute atomic E-state index is 6.60. The molecule has 1 aliphatic heterocycles. The average Bonchev–Trinajstić information content (AvgIpc) is 3.77. The summed E-state index contributed by atoms with van der Waals surface area (Å²) in [6.45, 7) is 0. The van der Waals surface area contributed by atoms with Crippen LogP contribution in [0.4, 0.5) is 0 Å². The van der Waals surface area contributed by atoms with Gasteiger partial charge in [-0.15, -0.1) is 0 Å². The van der Waals surface area contributed by atoms with Crippen molar-refractivity contribution >= 4 is 21.8 Å². The van der Waals surface area contributed by atoms with Crippen molar-refractivity contribution in [3.63, 3.8) is 0 Å². The Morgan fingerprint density at radius 1 is 0.386 bits per heavy atom. The van der Waals surface area contributed by atoms with Crippen LogP contribution in [0.3, 0.4) is 0 Å². The summed E-state index contributed by atoms with van der Waals surface area (Å²) in [7, 11) is 0. The van der Waals surface area contributed by atoms with Crippen LogP contribution in [0.1, 0.15) is 22.3 Å². The van der Waals surface area contributed by atoms with Gasteiger partial charge in [0.05, 0.1) is 27.8 Å². The molecule has 0 fully saturated rings. The molecule has 0 saturated heterocycles. The smallest absolute Gasteiger partial charge is 0.160 e. The second-order valence-corrected chi connectivity index (χ2v) is 14.9. The second kappa shape index (κ2) is 12.2. The van der Waals surface area contributed by atoms with Gasteiger partial charge in [-0.2, -0.15) is 0 Å². The standard InChI is InChI=1S/C53H33N3O/c1-2-15-34(16-3-1)52-54-46(35-17-14-18-37(31-35)56-48-25-10-5-20-40(48)41-21-6-11-26-49(41)56)33-47(55-52)36-29-30-39-38-19-4-7-22-42(38)53(45(39)32-36)43-23-8-12-27-50(43)57-51-28-13-9-24-44(51)53/h1-33H. The minimum absolute atomic E-state index is 0.567. The van der Waals surface area contributed by atoms with Crippen LogP contribution >= 0.6 is 0 Å². The van der Waals surface area contributed by atoms with Crippen molar-refractivity contribution in [2.24, 2.45) is 0 Å². The molecular formula is C53H33N3O. The SMILES string of the molecule is c1ccc(-c2nc(-c3cccc(-n4c5ccccc5c5ccccc54)c3)cc(-c3ccc4c(c3)C3(c5ccccc5Oc5ccccc53)c3ccccc3-4)n2)cc1. The molecule has 2 aliphatic rings. The molecule has 0 N–H and O–H groups in total. The van der Waals surface area contributed by atoms with Crippen LogP contribution in [-0.4, -0.2) is 14.5 Å². The fraction of sp³-hybridized carbons (Fsp3) is 0.0189. The van der Waals surface area contributed by atoms with E-state index in [1.807, 2.05) is 18.2 Å².